The summed E-state index contributed by atoms with van der Waals surface area (Å²) in [5.41, 5.74) is 0.898. The van der Waals surface area contributed by atoms with Gasteiger partial charge in [-0.05, 0) is 55.5 Å². The Bertz CT molecular complexity index is 514. The fourth-order valence-corrected chi connectivity index (χ4v) is 2.79. The molecule has 0 heterocycles. The number of carbonyl (C=O) groups is 1. The zero-order valence-electron chi connectivity index (χ0n) is 14.0. The molecule has 126 valence electrons. The highest BCUT2D eigenvalue weighted by molar-refractivity contribution is 5.80. The van der Waals surface area contributed by atoms with Gasteiger partial charge in [-0.1, -0.05) is 24.9 Å². The summed E-state index contributed by atoms with van der Waals surface area (Å²) in [5, 5.41) is 6.88. The predicted octanol–water partition coefficient (Wildman–Crippen LogP) is 3.13. The number of oxime groups is 1. The van der Waals surface area contributed by atoms with E-state index in [0.717, 1.165) is 17.7 Å². The first-order valence-electron chi connectivity index (χ1n) is 8.36. The van der Waals surface area contributed by atoms with Crippen molar-refractivity contribution in [3.8, 4) is 5.75 Å². The largest absolute Gasteiger partial charge is 0.494 e. The van der Waals surface area contributed by atoms with Crippen LogP contribution in [-0.4, -0.2) is 31.4 Å². The highest BCUT2D eigenvalue weighted by atomic mass is 16.6. The summed E-state index contributed by atoms with van der Waals surface area (Å²) in [4.78, 5) is 16.9. The molecule has 1 aliphatic carbocycles. The van der Waals surface area contributed by atoms with E-state index in [2.05, 4.69) is 17.4 Å². The van der Waals surface area contributed by atoms with Crippen LogP contribution < -0.4 is 10.1 Å². The Balaban J connectivity index is 1.70. The third-order valence-corrected chi connectivity index (χ3v) is 4.12. The van der Waals surface area contributed by atoms with Crippen LogP contribution in [0.5, 0.6) is 5.75 Å². The van der Waals surface area contributed by atoms with Gasteiger partial charge in [-0.15, -0.1) is 0 Å². The van der Waals surface area contributed by atoms with Gasteiger partial charge in [0, 0.05) is 6.04 Å². The van der Waals surface area contributed by atoms with E-state index in [0.29, 0.717) is 12.5 Å². The van der Waals surface area contributed by atoms with Crippen molar-refractivity contribution in [2.24, 2.45) is 11.1 Å². The molecule has 0 unspecified atom stereocenters. The lowest BCUT2D eigenvalue weighted by molar-refractivity contribution is -0.126. The fourth-order valence-electron chi connectivity index (χ4n) is 2.79. The maximum Gasteiger partial charge on any atom is 0.261 e. The van der Waals surface area contributed by atoms with E-state index >= 15 is 0 Å². The molecule has 23 heavy (non-hydrogen) atoms. The van der Waals surface area contributed by atoms with E-state index in [4.69, 9.17) is 9.57 Å². The molecule has 2 rings (SSSR count). The van der Waals surface area contributed by atoms with Gasteiger partial charge in [0.1, 0.15) is 5.75 Å². The molecule has 1 fully saturated rings. The molecule has 1 aliphatic rings. The minimum absolute atomic E-state index is 0.0449. The summed E-state index contributed by atoms with van der Waals surface area (Å²) in [7, 11) is 0. The van der Waals surface area contributed by atoms with Crippen molar-refractivity contribution in [2.45, 2.75) is 45.6 Å². The van der Waals surface area contributed by atoms with Gasteiger partial charge in [-0.25, -0.2) is 0 Å². The van der Waals surface area contributed by atoms with Crippen molar-refractivity contribution in [1.29, 1.82) is 0 Å². The summed E-state index contributed by atoms with van der Waals surface area (Å²) in [5.74, 6) is 1.26. The molecule has 0 saturated heterocycles. The molecule has 5 nitrogen and oxygen atoms in total. The van der Waals surface area contributed by atoms with E-state index in [1.165, 1.54) is 19.3 Å². The molecular formula is C18H26N2O3. The van der Waals surface area contributed by atoms with Crippen LogP contribution in [0.25, 0.3) is 0 Å². The second kappa shape index (κ2) is 9.18. The second-order valence-electron chi connectivity index (χ2n) is 5.95. The Kier molecular flexibility index (Phi) is 6.91. The monoisotopic (exact) mass is 318 g/mol. The zero-order chi connectivity index (χ0) is 16.5. The SMILES string of the molecule is CCOc1ccc(/C=N\OCC(=O)N[C@H]2CCCC[C@@H]2C)cc1. The molecule has 1 amide bonds. The number of hydrogen-bond acceptors (Lipinski definition) is 4. The molecule has 1 aromatic carbocycles. The number of rotatable bonds is 7. The topological polar surface area (TPSA) is 59.9 Å². The molecule has 1 saturated carbocycles. The fraction of sp³-hybridized carbons (Fsp3) is 0.556. The van der Waals surface area contributed by atoms with Crippen molar-refractivity contribution >= 4 is 12.1 Å². The van der Waals surface area contributed by atoms with E-state index in [-0.39, 0.29) is 18.6 Å². The lowest BCUT2D eigenvalue weighted by atomic mass is 9.86. The van der Waals surface area contributed by atoms with Crippen LogP contribution in [0, 0.1) is 5.92 Å². The van der Waals surface area contributed by atoms with Crippen LogP contribution in [0.4, 0.5) is 0 Å². The number of nitrogens with one attached hydrogen (secondary N) is 1. The Morgan fingerprint density at radius 3 is 2.74 bits per heavy atom. The van der Waals surface area contributed by atoms with Gasteiger partial charge >= 0.3 is 0 Å². The summed E-state index contributed by atoms with van der Waals surface area (Å²) in [6, 6.07) is 7.81. The molecular weight excluding hydrogens is 292 g/mol. The first-order valence-corrected chi connectivity index (χ1v) is 8.36. The van der Waals surface area contributed by atoms with Gasteiger partial charge in [-0.2, -0.15) is 0 Å². The zero-order valence-corrected chi connectivity index (χ0v) is 14.0. The first kappa shape index (κ1) is 17.3. The minimum Gasteiger partial charge on any atom is -0.494 e. The number of benzene rings is 1. The van der Waals surface area contributed by atoms with Crippen LogP contribution in [0.2, 0.25) is 0 Å². The van der Waals surface area contributed by atoms with Crippen LogP contribution in [-0.2, 0) is 9.63 Å². The van der Waals surface area contributed by atoms with Gasteiger partial charge in [0.25, 0.3) is 5.91 Å². The lowest BCUT2D eigenvalue weighted by Gasteiger charge is -2.29. The van der Waals surface area contributed by atoms with Gasteiger partial charge in [0.05, 0.1) is 12.8 Å². The third kappa shape index (κ3) is 5.93. The predicted molar refractivity (Wildman–Crippen MR) is 90.7 cm³/mol. The standard InChI is InChI=1S/C18H26N2O3/c1-3-22-16-10-8-15(9-11-16)12-19-23-13-18(21)20-17-7-5-4-6-14(17)2/h8-12,14,17H,3-7,13H2,1-2H3,(H,20,21)/b19-12-/t14-,17-/m0/s1. The van der Waals surface area contributed by atoms with Crippen LogP contribution in [0.3, 0.4) is 0 Å². The summed E-state index contributed by atoms with van der Waals surface area (Å²) in [6.45, 7) is 4.74. The average Bonchev–Trinajstić information content (AvgIpc) is 2.55. The smallest absolute Gasteiger partial charge is 0.261 e. The Morgan fingerprint density at radius 2 is 2.04 bits per heavy atom. The molecule has 0 radical (unpaired) electrons. The maximum atomic E-state index is 11.9. The number of nitrogens with zero attached hydrogens (tertiary/aromatic N) is 1. The molecule has 0 aliphatic heterocycles. The Hall–Kier alpha value is -2.04. The van der Waals surface area contributed by atoms with Crippen molar-refractivity contribution in [1.82, 2.24) is 5.32 Å². The van der Waals surface area contributed by atoms with Gasteiger partial charge < -0.3 is 14.9 Å². The average molecular weight is 318 g/mol. The Labute approximate surface area is 138 Å². The van der Waals surface area contributed by atoms with Crippen molar-refractivity contribution in [3.63, 3.8) is 0 Å². The van der Waals surface area contributed by atoms with E-state index < -0.39 is 0 Å². The van der Waals surface area contributed by atoms with Crippen LogP contribution >= 0.6 is 0 Å². The van der Waals surface area contributed by atoms with Gasteiger partial charge in [0.2, 0.25) is 0 Å². The van der Waals surface area contributed by atoms with Crippen LogP contribution in [0.15, 0.2) is 29.4 Å². The molecule has 1 N–H and O–H groups in total. The highest BCUT2D eigenvalue weighted by Crippen LogP contribution is 2.23. The van der Waals surface area contributed by atoms with Gasteiger partial charge in [0.15, 0.2) is 6.61 Å². The molecule has 0 bridgehead atoms. The van der Waals surface area contributed by atoms with Crippen molar-refractivity contribution in [2.75, 3.05) is 13.2 Å². The highest BCUT2D eigenvalue weighted by Gasteiger charge is 2.22. The molecule has 0 spiro atoms. The third-order valence-electron chi connectivity index (χ3n) is 4.12. The summed E-state index contributed by atoms with van der Waals surface area (Å²) in [6.07, 6.45) is 6.28. The van der Waals surface area contributed by atoms with Crippen LogP contribution in [0.1, 0.15) is 45.1 Å². The maximum absolute atomic E-state index is 11.9. The van der Waals surface area contributed by atoms with Crippen molar-refractivity contribution in [3.05, 3.63) is 29.8 Å². The summed E-state index contributed by atoms with van der Waals surface area (Å²) < 4.78 is 5.37. The molecule has 1 aromatic rings. The number of ether oxygens (including phenoxy) is 1. The molecule has 5 heteroatoms. The molecule has 0 aromatic heterocycles. The van der Waals surface area contributed by atoms with Crippen molar-refractivity contribution < 1.29 is 14.4 Å². The lowest BCUT2D eigenvalue weighted by Crippen LogP contribution is -2.42. The number of carbonyl (C=O) groups excluding carboxylic acids is 1. The first-order chi connectivity index (χ1) is 11.2. The van der Waals surface area contributed by atoms with E-state index in [9.17, 15) is 4.79 Å². The summed E-state index contributed by atoms with van der Waals surface area (Å²) >= 11 is 0. The minimum atomic E-state index is -0.104. The number of amides is 1. The second-order valence-corrected chi connectivity index (χ2v) is 5.95. The van der Waals surface area contributed by atoms with E-state index in [1.54, 1.807) is 6.21 Å². The Morgan fingerprint density at radius 1 is 1.30 bits per heavy atom. The normalized spacial score (nSPS) is 21.1. The molecule has 2 atom stereocenters. The van der Waals surface area contributed by atoms with Gasteiger partial charge in [-0.3, -0.25) is 4.79 Å². The quantitative estimate of drug-likeness (QED) is 0.620. The van der Waals surface area contributed by atoms with E-state index in [1.807, 2.05) is 31.2 Å². The number of hydrogen-bond donors (Lipinski definition) is 1.